The fourth-order valence-corrected chi connectivity index (χ4v) is 4.20. The van der Waals surface area contributed by atoms with Gasteiger partial charge >= 0.3 is 0 Å². The lowest BCUT2D eigenvalue weighted by molar-refractivity contribution is -0.208. The number of methoxy groups -OCH3 is 2. The SMILES string of the molecule is C=CC1CCC2CCCCC12C(OC)OC. The second-order valence-electron chi connectivity index (χ2n) is 5.28. The predicted molar refractivity (Wildman–Crippen MR) is 65.1 cm³/mol. The van der Waals surface area contributed by atoms with Gasteiger partial charge < -0.3 is 9.47 Å². The molecule has 2 nitrogen and oxygen atoms in total. The molecule has 0 heterocycles. The molecule has 0 spiro atoms. The van der Waals surface area contributed by atoms with Crippen molar-refractivity contribution in [3.05, 3.63) is 12.7 Å². The third-order valence-corrected chi connectivity index (χ3v) is 4.84. The van der Waals surface area contributed by atoms with E-state index in [-0.39, 0.29) is 11.7 Å². The summed E-state index contributed by atoms with van der Waals surface area (Å²) >= 11 is 0. The first-order valence-electron chi connectivity index (χ1n) is 6.47. The van der Waals surface area contributed by atoms with Crippen LogP contribution in [0.25, 0.3) is 0 Å². The standard InChI is InChI=1S/C14H24O2/c1-4-11-8-9-12-7-5-6-10-14(11,12)13(15-2)16-3/h4,11-13H,1,5-10H2,2-3H3. The Balaban J connectivity index is 2.30. The van der Waals surface area contributed by atoms with Gasteiger partial charge in [0.05, 0.1) is 0 Å². The summed E-state index contributed by atoms with van der Waals surface area (Å²) in [5.74, 6) is 1.34. The Morgan fingerprint density at radius 2 is 1.94 bits per heavy atom. The van der Waals surface area contributed by atoms with Gasteiger partial charge in [-0.2, -0.15) is 0 Å². The fourth-order valence-electron chi connectivity index (χ4n) is 4.20. The summed E-state index contributed by atoms with van der Waals surface area (Å²) in [6.45, 7) is 4.02. The summed E-state index contributed by atoms with van der Waals surface area (Å²) in [6.07, 6.45) is 9.92. The average molecular weight is 224 g/mol. The number of allylic oxidation sites excluding steroid dienone is 1. The van der Waals surface area contributed by atoms with Crippen LogP contribution >= 0.6 is 0 Å². The molecule has 3 unspecified atom stereocenters. The van der Waals surface area contributed by atoms with E-state index in [4.69, 9.17) is 9.47 Å². The van der Waals surface area contributed by atoms with Gasteiger partial charge in [-0.25, -0.2) is 0 Å². The molecular weight excluding hydrogens is 200 g/mol. The lowest BCUT2D eigenvalue weighted by atomic mass is 9.63. The van der Waals surface area contributed by atoms with Gasteiger partial charge in [-0.15, -0.1) is 6.58 Å². The molecule has 0 N–H and O–H groups in total. The van der Waals surface area contributed by atoms with Crippen molar-refractivity contribution >= 4 is 0 Å². The van der Waals surface area contributed by atoms with Crippen LogP contribution in [0.2, 0.25) is 0 Å². The molecule has 2 saturated carbocycles. The molecule has 0 saturated heterocycles. The quantitative estimate of drug-likeness (QED) is 0.538. The fraction of sp³-hybridized carbons (Fsp3) is 0.857. The van der Waals surface area contributed by atoms with E-state index < -0.39 is 0 Å². The molecule has 92 valence electrons. The van der Waals surface area contributed by atoms with Gasteiger partial charge in [-0.1, -0.05) is 18.9 Å². The van der Waals surface area contributed by atoms with Crippen LogP contribution in [0.15, 0.2) is 12.7 Å². The van der Waals surface area contributed by atoms with Crippen LogP contribution < -0.4 is 0 Å². The second-order valence-corrected chi connectivity index (χ2v) is 5.28. The van der Waals surface area contributed by atoms with Crippen LogP contribution in [0.1, 0.15) is 38.5 Å². The lowest BCUT2D eigenvalue weighted by Crippen LogP contribution is -2.46. The molecule has 0 bridgehead atoms. The van der Waals surface area contributed by atoms with E-state index in [9.17, 15) is 0 Å². The number of rotatable bonds is 4. The van der Waals surface area contributed by atoms with Crippen LogP contribution in [-0.4, -0.2) is 20.5 Å². The maximum absolute atomic E-state index is 5.61. The van der Waals surface area contributed by atoms with Crippen molar-refractivity contribution in [2.75, 3.05) is 14.2 Å². The van der Waals surface area contributed by atoms with Crippen LogP contribution in [0, 0.1) is 17.3 Å². The highest BCUT2D eigenvalue weighted by molar-refractivity contribution is 5.07. The third-order valence-electron chi connectivity index (χ3n) is 4.84. The van der Waals surface area contributed by atoms with Gasteiger partial charge in [0.25, 0.3) is 0 Å². The van der Waals surface area contributed by atoms with Gasteiger partial charge in [0.15, 0.2) is 6.29 Å². The molecule has 0 amide bonds. The molecule has 0 radical (unpaired) electrons. The van der Waals surface area contributed by atoms with Crippen molar-refractivity contribution in [2.45, 2.75) is 44.8 Å². The maximum atomic E-state index is 5.61. The predicted octanol–water partition coefficient (Wildman–Crippen LogP) is 3.38. The monoisotopic (exact) mass is 224 g/mol. The largest absolute Gasteiger partial charge is 0.355 e. The molecule has 0 aromatic rings. The molecule has 2 aliphatic rings. The number of fused-ring (bicyclic) bond motifs is 1. The highest BCUT2D eigenvalue weighted by Crippen LogP contribution is 2.58. The van der Waals surface area contributed by atoms with E-state index in [0.29, 0.717) is 5.92 Å². The molecule has 2 aliphatic carbocycles. The molecule has 16 heavy (non-hydrogen) atoms. The van der Waals surface area contributed by atoms with E-state index >= 15 is 0 Å². The minimum absolute atomic E-state index is 0.0525. The Bertz CT molecular complexity index is 247. The first kappa shape index (κ1) is 12.1. The van der Waals surface area contributed by atoms with Crippen molar-refractivity contribution in [2.24, 2.45) is 17.3 Å². The Morgan fingerprint density at radius 3 is 2.56 bits per heavy atom. The summed E-state index contributed by atoms with van der Waals surface area (Å²) in [5.41, 5.74) is 0.212. The normalized spacial score (nSPS) is 38.7. The van der Waals surface area contributed by atoms with E-state index in [1.807, 2.05) is 0 Å². The summed E-state index contributed by atoms with van der Waals surface area (Å²) in [7, 11) is 3.54. The molecule has 3 atom stereocenters. The average Bonchev–Trinajstić information content (AvgIpc) is 2.70. The molecular formula is C14H24O2. The van der Waals surface area contributed by atoms with Gasteiger partial charge in [-0.3, -0.25) is 0 Å². The smallest absolute Gasteiger partial charge is 0.163 e. The first-order chi connectivity index (χ1) is 7.79. The Hall–Kier alpha value is -0.340. The van der Waals surface area contributed by atoms with Crippen molar-refractivity contribution in [1.82, 2.24) is 0 Å². The lowest BCUT2D eigenvalue weighted by Gasteiger charge is -2.46. The second kappa shape index (κ2) is 4.89. The molecule has 2 fully saturated rings. The summed E-state index contributed by atoms with van der Waals surface area (Å²) < 4.78 is 11.2. The third kappa shape index (κ3) is 1.63. The Kier molecular flexibility index (Phi) is 3.70. The number of hydrogen-bond acceptors (Lipinski definition) is 2. The van der Waals surface area contributed by atoms with Crippen molar-refractivity contribution in [3.8, 4) is 0 Å². The molecule has 0 aliphatic heterocycles. The van der Waals surface area contributed by atoms with Crippen LogP contribution in [0.3, 0.4) is 0 Å². The zero-order valence-electron chi connectivity index (χ0n) is 10.6. The molecule has 0 aromatic carbocycles. The first-order valence-corrected chi connectivity index (χ1v) is 6.47. The topological polar surface area (TPSA) is 18.5 Å². The van der Waals surface area contributed by atoms with Gasteiger partial charge in [0.2, 0.25) is 0 Å². The highest BCUT2D eigenvalue weighted by Gasteiger charge is 2.55. The minimum Gasteiger partial charge on any atom is -0.355 e. The maximum Gasteiger partial charge on any atom is 0.163 e. The van der Waals surface area contributed by atoms with Gasteiger partial charge in [0.1, 0.15) is 0 Å². The minimum atomic E-state index is -0.0525. The summed E-state index contributed by atoms with van der Waals surface area (Å²) in [6, 6.07) is 0. The van der Waals surface area contributed by atoms with Crippen LogP contribution in [0.5, 0.6) is 0 Å². The zero-order chi connectivity index (χ0) is 11.6. The van der Waals surface area contributed by atoms with E-state index in [1.54, 1.807) is 14.2 Å². The van der Waals surface area contributed by atoms with Crippen LogP contribution in [0.4, 0.5) is 0 Å². The van der Waals surface area contributed by atoms with Crippen LogP contribution in [-0.2, 0) is 9.47 Å². The molecule has 2 rings (SSSR count). The van der Waals surface area contributed by atoms with E-state index in [0.717, 1.165) is 5.92 Å². The van der Waals surface area contributed by atoms with Gasteiger partial charge in [0, 0.05) is 19.6 Å². The Morgan fingerprint density at radius 1 is 1.19 bits per heavy atom. The Labute approximate surface area is 99.0 Å². The molecule has 2 heteroatoms. The summed E-state index contributed by atoms with van der Waals surface area (Å²) in [4.78, 5) is 0. The molecule has 0 aromatic heterocycles. The zero-order valence-corrected chi connectivity index (χ0v) is 10.6. The summed E-state index contributed by atoms with van der Waals surface area (Å²) in [5, 5.41) is 0. The van der Waals surface area contributed by atoms with E-state index in [2.05, 4.69) is 12.7 Å². The number of hydrogen-bond donors (Lipinski definition) is 0. The number of ether oxygens (including phenoxy) is 2. The van der Waals surface area contributed by atoms with Crippen molar-refractivity contribution in [1.29, 1.82) is 0 Å². The van der Waals surface area contributed by atoms with E-state index in [1.165, 1.54) is 38.5 Å². The van der Waals surface area contributed by atoms with Gasteiger partial charge in [-0.05, 0) is 37.5 Å². The van der Waals surface area contributed by atoms with Crippen molar-refractivity contribution in [3.63, 3.8) is 0 Å². The highest BCUT2D eigenvalue weighted by atomic mass is 16.7. The van der Waals surface area contributed by atoms with Crippen molar-refractivity contribution < 1.29 is 9.47 Å².